The smallest absolute Gasteiger partial charge is 0.00723 e. The van der Waals surface area contributed by atoms with Crippen LogP contribution in [0.4, 0.5) is 0 Å². The highest BCUT2D eigenvalue weighted by Crippen LogP contribution is 2.36. The van der Waals surface area contributed by atoms with Crippen molar-refractivity contribution in [2.75, 3.05) is 6.54 Å². The molecular formula is C14H29N. The third-order valence-electron chi connectivity index (χ3n) is 3.61. The molecule has 0 bridgehead atoms. The molecule has 0 heterocycles. The van der Waals surface area contributed by atoms with Gasteiger partial charge in [0.15, 0.2) is 0 Å². The standard InChI is InChI=1S/C14H29N/c1-12(2)7-5-6-10-15-13-8-9-14(3,4)11-13/h12-13,15H,5-11H2,1-4H3. The van der Waals surface area contributed by atoms with Gasteiger partial charge in [0.05, 0.1) is 0 Å². The molecule has 0 saturated heterocycles. The lowest BCUT2D eigenvalue weighted by atomic mass is 9.92. The van der Waals surface area contributed by atoms with E-state index in [1.54, 1.807) is 0 Å². The zero-order valence-electron chi connectivity index (χ0n) is 11.1. The van der Waals surface area contributed by atoms with Gasteiger partial charge in [0.1, 0.15) is 0 Å². The van der Waals surface area contributed by atoms with Gasteiger partial charge in [0.2, 0.25) is 0 Å². The predicted octanol–water partition coefficient (Wildman–Crippen LogP) is 3.98. The van der Waals surface area contributed by atoms with E-state index < -0.39 is 0 Å². The third kappa shape index (κ3) is 5.55. The first-order valence-electron chi connectivity index (χ1n) is 6.73. The third-order valence-corrected chi connectivity index (χ3v) is 3.61. The van der Waals surface area contributed by atoms with Crippen LogP contribution in [-0.4, -0.2) is 12.6 Å². The minimum atomic E-state index is 0.593. The van der Waals surface area contributed by atoms with Crippen molar-refractivity contribution in [3.8, 4) is 0 Å². The second-order valence-corrected chi connectivity index (χ2v) is 6.45. The number of hydrogen-bond acceptors (Lipinski definition) is 1. The van der Waals surface area contributed by atoms with Gasteiger partial charge < -0.3 is 5.32 Å². The highest BCUT2D eigenvalue weighted by molar-refractivity contribution is 4.86. The Morgan fingerprint density at radius 2 is 2.00 bits per heavy atom. The van der Waals surface area contributed by atoms with E-state index in [-0.39, 0.29) is 0 Å². The Bertz CT molecular complexity index is 172. The fourth-order valence-corrected chi connectivity index (χ4v) is 2.59. The zero-order valence-corrected chi connectivity index (χ0v) is 11.1. The molecule has 0 amide bonds. The van der Waals surface area contributed by atoms with Crippen LogP contribution in [-0.2, 0) is 0 Å². The van der Waals surface area contributed by atoms with E-state index in [0.29, 0.717) is 5.41 Å². The van der Waals surface area contributed by atoms with Gasteiger partial charge in [0.25, 0.3) is 0 Å². The van der Waals surface area contributed by atoms with Gasteiger partial charge in [0, 0.05) is 6.04 Å². The SMILES string of the molecule is CC(C)CCCCNC1CCC(C)(C)C1. The molecule has 1 N–H and O–H groups in total. The first-order valence-corrected chi connectivity index (χ1v) is 6.73. The summed E-state index contributed by atoms with van der Waals surface area (Å²) < 4.78 is 0. The highest BCUT2D eigenvalue weighted by Gasteiger charge is 2.30. The molecule has 1 aliphatic carbocycles. The zero-order chi connectivity index (χ0) is 11.3. The Kier molecular flexibility index (Phi) is 5.11. The molecule has 0 radical (unpaired) electrons. The molecule has 0 aliphatic heterocycles. The van der Waals surface area contributed by atoms with E-state index in [9.17, 15) is 0 Å². The summed E-state index contributed by atoms with van der Waals surface area (Å²) in [6.45, 7) is 10.6. The normalized spacial score (nSPS) is 25.0. The van der Waals surface area contributed by atoms with E-state index in [4.69, 9.17) is 0 Å². The van der Waals surface area contributed by atoms with Crippen LogP contribution < -0.4 is 5.32 Å². The molecule has 1 nitrogen and oxygen atoms in total. The molecule has 1 rings (SSSR count). The second kappa shape index (κ2) is 5.89. The largest absolute Gasteiger partial charge is 0.314 e. The molecule has 0 aromatic heterocycles. The molecule has 1 aliphatic rings. The topological polar surface area (TPSA) is 12.0 Å². The average Bonchev–Trinajstić information content (AvgIpc) is 2.44. The second-order valence-electron chi connectivity index (χ2n) is 6.45. The van der Waals surface area contributed by atoms with Crippen LogP contribution in [0.5, 0.6) is 0 Å². The molecule has 1 atom stereocenters. The minimum Gasteiger partial charge on any atom is -0.314 e. The molecule has 1 unspecified atom stereocenters. The molecule has 1 saturated carbocycles. The van der Waals surface area contributed by atoms with Crippen LogP contribution in [0.3, 0.4) is 0 Å². The van der Waals surface area contributed by atoms with Crippen LogP contribution in [0, 0.1) is 11.3 Å². The fourth-order valence-electron chi connectivity index (χ4n) is 2.59. The van der Waals surface area contributed by atoms with Crippen molar-refractivity contribution in [2.45, 2.75) is 72.3 Å². The summed E-state index contributed by atoms with van der Waals surface area (Å²) in [5.41, 5.74) is 0.593. The van der Waals surface area contributed by atoms with Crippen LogP contribution in [0.15, 0.2) is 0 Å². The fraction of sp³-hybridized carbons (Fsp3) is 1.00. The number of hydrogen-bond donors (Lipinski definition) is 1. The van der Waals surface area contributed by atoms with Crippen molar-refractivity contribution in [3.63, 3.8) is 0 Å². The summed E-state index contributed by atoms with van der Waals surface area (Å²) in [7, 11) is 0. The maximum absolute atomic E-state index is 3.71. The minimum absolute atomic E-state index is 0.593. The summed E-state index contributed by atoms with van der Waals surface area (Å²) in [6, 6.07) is 0.805. The Hall–Kier alpha value is -0.0400. The Morgan fingerprint density at radius 1 is 1.27 bits per heavy atom. The van der Waals surface area contributed by atoms with E-state index in [2.05, 4.69) is 33.0 Å². The molecule has 0 spiro atoms. The average molecular weight is 211 g/mol. The lowest BCUT2D eigenvalue weighted by Crippen LogP contribution is -2.28. The van der Waals surface area contributed by atoms with Gasteiger partial charge in [-0.2, -0.15) is 0 Å². The summed E-state index contributed by atoms with van der Waals surface area (Å²) in [5.74, 6) is 0.871. The van der Waals surface area contributed by atoms with E-state index in [0.717, 1.165) is 12.0 Å². The van der Waals surface area contributed by atoms with Crippen molar-refractivity contribution >= 4 is 0 Å². The monoisotopic (exact) mass is 211 g/mol. The van der Waals surface area contributed by atoms with Crippen LogP contribution in [0.2, 0.25) is 0 Å². The lowest BCUT2D eigenvalue weighted by Gasteiger charge is -2.17. The molecule has 1 heteroatoms. The highest BCUT2D eigenvalue weighted by atomic mass is 14.9. The Morgan fingerprint density at radius 3 is 2.53 bits per heavy atom. The molecular weight excluding hydrogens is 182 g/mol. The van der Waals surface area contributed by atoms with Gasteiger partial charge in [-0.05, 0) is 43.6 Å². The maximum atomic E-state index is 3.71. The van der Waals surface area contributed by atoms with Gasteiger partial charge in [-0.25, -0.2) is 0 Å². The van der Waals surface area contributed by atoms with Gasteiger partial charge in [-0.15, -0.1) is 0 Å². The van der Waals surface area contributed by atoms with Crippen LogP contribution >= 0.6 is 0 Å². The van der Waals surface area contributed by atoms with Crippen molar-refractivity contribution in [3.05, 3.63) is 0 Å². The van der Waals surface area contributed by atoms with Crippen molar-refractivity contribution < 1.29 is 0 Å². The molecule has 0 aromatic rings. The maximum Gasteiger partial charge on any atom is 0.00723 e. The Balaban J connectivity index is 1.97. The predicted molar refractivity (Wildman–Crippen MR) is 68.1 cm³/mol. The summed E-state index contributed by atoms with van der Waals surface area (Å²) in [6.07, 6.45) is 8.29. The molecule has 1 fully saturated rings. The first-order chi connectivity index (χ1) is 6.99. The number of nitrogens with one attached hydrogen (secondary N) is 1. The summed E-state index contributed by atoms with van der Waals surface area (Å²) >= 11 is 0. The molecule has 90 valence electrons. The van der Waals surface area contributed by atoms with Crippen LogP contribution in [0.25, 0.3) is 0 Å². The summed E-state index contributed by atoms with van der Waals surface area (Å²) in [4.78, 5) is 0. The van der Waals surface area contributed by atoms with Gasteiger partial charge in [-0.1, -0.05) is 40.5 Å². The van der Waals surface area contributed by atoms with Crippen molar-refractivity contribution in [1.82, 2.24) is 5.32 Å². The van der Waals surface area contributed by atoms with Gasteiger partial charge in [-0.3, -0.25) is 0 Å². The Labute approximate surface area is 96.0 Å². The van der Waals surface area contributed by atoms with Crippen molar-refractivity contribution in [1.29, 1.82) is 0 Å². The summed E-state index contributed by atoms with van der Waals surface area (Å²) in [5, 5.41) is 3.71. The first kappa shape index (κ1) is 13.0. The number of rotatable bonds is 6. The van der Waals surface area contributed by atoms with E-state index in [1.165, 1.54) is 45.1 Å². The van der Waals surface area contributed by atoms with E-state index >= 15 is 0 Å². The molecule has 0 aromatic carbocycles. The number of unbranched alkanes of at least 4 members (excludes halogenated alkanes) is 1. The molecule has 15 heavy (non-hydrogen) atoms. The lowest BCUT2D eigenvalue weighted by molar-refractivity contribution is 0.363. The van der Waals surface area contributed by atoms with E-state index in [1.807, 2.05) is 0 Å². The quantitative estimate of drug-likeness (QED) is 0.655. The van der Waals surface area contributed by atoms with Crippen LogP contribution in [0.1, 0.15) is 66.2 Å². The van der Waals surface area contributed by atoms with Gasteiger partial charge >= 0.3 is 0 Å². The van der Waals surface area contributed by atoms with Crippen molar-refractivity contribution in [2.24, 2.45) is 11.3 Å².